The van der Waals surface area contributed by atoms with Crippen molar-refractivity contribution in [1.29, 1.82) is 0 Å². The second kappa shape index (κ2) is 9.06. The summed E-state index contributed by atoms with van der Waals surface area (Å²) in [4.78, 5) is 29.9. The van der Waals surface area contributed by atoms with Gasteiger partial charge in [-0.15, -0.1) is 0 Å². The van der Waals surface area contributed by atoms with Crippen LogP contribution in [-0.4, -0.2) is 73.5 Å². The predicted molar refractivity (Wildman–Crippen MR) is 99.7 cm³/mol. The van der Waals surface area contributed by atoms with Gasteiger partial charge in [-0.2, -0.15) is 0 Å². The molecule has 25 heavy (non-hydrogen) atoms. The molecule has 7 heteroatoms. The van der Waals surface area contributed by atoms with Gasteiger partial charge in [0.05, 0.1) is 12.6 Å². The van der Waals surface area contributed by atoms with Crippen molar-refractivity contribution < 1.29 is 9.59 Å². The lowest BCUT2D eigenvalue weighted by atomic mass is 10.1. The molecule has 1 aromatic rings. The quantitative estimate of drug-likeness (QED) is 0.888. The van der Waals surface area contributed by atoms with Crippen LogP contribution >= 0.6 is 11.6 Å². The Morgan fingerprint density at radius 2 is 1.92 bits per heavy atom. The van der Waals surface area contributed by atoms with Crippen molar-refractivity contribution >= 4 is 23.5 Å². The van der Waals surface area contributed by atoms with E-state index in [2.05, 4.69) is 10.2 Å². The van der Waals surface area contributed by atoms with Crippen LogP contribution in [0.1, 0.15) is 24.9 Å². The second-order valence-corrected chi connectivity index (χ2v) is 7.00. The standard InChI is InChI=1S/C18H27ClN4O2/c1-14(15-7-4-5-8-16(15)19)20-18(25)23-10-6-9-22(11-12-23)13-17(24)21(2)3/h4-5,7-8,14H,6,9-13H2,1-3H3,(H,20,25)/t14-/m0/s1. The number of nitrogens with zero attached hydrogens (tertiary/aromatic N) is 3. The maximum Gasteiger partial charge on any atom is 0.317 e. The maximum atomic E-state index is 12.6. The fraction of sp³-hybridized carbons (Fsp3) is 0.556. The van der Waals surface area contributed by atoms with E-state index in [4.69, 9.17) is 11.6 Å². The highest BCUT2D eigenvalue weighted by Crippen LogP contribution is 2.22. The molecule has 0 radical (unpaired) electrons. The molecule has 6 nitrogen and oxygen atoms in total. The highest BCUT2D eigenvalue weighted by atomic mass is 35.5. The number of hydrogen-bond donors (Lipinski definition) is 1. The van der Waals surface area contributed by atoms with Gasteiger partial charge in [0.2, 0.25) is 5.91 Å². The number of amides is 3. The summed E-state index contributed by atoms with van der Waals surface area (Å²) in [6.07, 6.45) is 0.856. The van der Waals surface area contributed by atoms with E-state index in [1.807, 2.05) is 36.1 Å². The Hall–Kier alpha value is -1.79. The second-order valence-electron chi connectivity index (χ2n) is 6.60. The van der Waals surface area contributed by atoms with Gasteiger partial charge in [0.1, 0.15) is 0 Å². The van der Waals surface area contributed by atoms with Gasteiger partial charge in [-0.05, 0) is 25.0 Å². The smallest absolute Gasteiger partial charge is 0.317 e. The third-order valence-corrected chi connectivity index (χ3v) is 4.79. The van der Waals surface area contributed by atoms with Crippen LogP contribution in [-0.2, 0) is 4.79 Å². The Morgan fingerprint density at radius 1 is 1.20 bits per heavy atom. The average molecular weight is 367 g/mol. The average Bonchev–Trinajstić information content (AvgIpc) is 2.80. The molecule has 1 heterocycles. The minimum Gasteiger partial charge on any atom is -0.348 e. The molecule has 0 aliphatic carbocycles. The zero-order chi connectivity index (χ0) is 18.4. The number of carbonyl (C=O) groups is 2. The molecular formula is C18H27ClN4O2. The van der Waals surface area contributed by atoms with Gasteiger partial charge in [0.25, 0.3) is 0 Å². The lowest BCUT2D eigenvalue weighted by molar-refractivity contribution is -0.129. The first kappa shape index (κ1) is 19.5. The third-order valence-electron chi connectivity index (χ3n) is 4.45. The van der Waals surface area contributed by atoms with Crippen molar-refractivity contribution in [3.05, 3.63) is 34.9 Å². The molecule has 0 aromatic heterocycles. The van der Waals surface area contributed by atoms with E-state index in [-0.39, 0.29) is 18.0 Å². The molecule has 0 spiro atoms. The van der Waals surface area contributed by atoms with Crippen LogP contribution in [0.2, 0.25) is 5.02 Å². The summed E-state index contributed by atoms with van der Waals surface area (Å²) in [6.45, 7) is 5.16. The Balaban J connectivity index is 1.88. The summed E-state index contributed by atoms with van der Waals surface area (Å²) in [5.74, 6) is 0.0882. The first-order valence-electron chi connectivity index (χ1n) is 8.61. The number of nitrogens with one attached hydrogen (secondary N) is 1. The van der Waals surface area contributed by atoms with Gasteiger partial charge in [0.15, 0.2) is 0 Å². The minimum atomic E-state index is -0.157. The van der Waals surface area contributed by atoms with Crippen molar-refractivity contribution in [3.8, 4) is 0 Å². The Labute approximate surface area is 154 Å². The van der Waals surface area contributed by atoms with Crippen LogP contribution in [0.5, 0.6) is 0 Å². The van der Waals surface area contributed by atoms with Gasteiger partial charge in [-0.1, -0.05) is 29.8 Å². The summed E-state index contributed by atoms with van der Waals surface area (Å²) in [6, 6.07) is 7.29. The van der Waals surface area contributed by atoms with Gasteiger partial charge in [0, 0.05) is 45.3 Å². The summed E-state index contributed by atoms with van der Waals surface area (Å²) < 4.78 is 0. The van der Waals surface area contributed by atoms with E-state index >= 15 is 0 Å². The largest absolute Gasteiger partial charge is 0.348 e. The molecule has 1 atom stereocenters. The third kappa shape index (κ3) is 5.61. The number of hydrogen-bond acceptors (Lipinski definition) is 3. The lowest BCUT2D eigenvalue weighted by Gasteiger charge is -2.25. The van der Waals surface area contributed by atoms with E-state index in [1.165, 1.54) is 0 Å². The zero-order valence-corrected chi connectivity index (χ0v) is 15.9. The molecule has 0 unspecified atom stereocenters. The highest BCUT2D eigenvalue weighted by molar-refractivity contribution is 6.31. The van der Waals surface area contributed by atoms with Crippen molar-refractivity contribution in [3.63, 3.8) is 0 Å². The van der Waals surface area contributed by atoms with E-state index in [0.717, 1.165) is 18.5 Å². The topological polar surface area (TPSA) is 55.9 Å². The monoisotopic (exact) mass is 366 g/mol. The van der Waals surface area contributed by atoms with Gasteiger partial charge < -0.3 is 15.1 Å². The normalized spacial score (nSPS) is 16.9. The molecule has 138 valence electrons. The Morgan fingerprint density at radius 3 is 2.60 bits per heavy atom. The minimum absolute atomic E-state index is 0.0882. The molecule has 1 aromatic carbocycles. The highest BCUT2D eigenvalue weighted by Gasteiger charge is 2.22. The zero-order valence-electron chi connectivity index (χ0n) is 15.2. The lowest BCUT2D eigenvalue weighted by Crippen LogP contribution is -2.43. The number of carbonyl (C=O) groups excluding carboxylic acids is 2. The molecule has 1 saturated heterocycles. The van der Waals surface area contributed by atoms with E-state index in [9.17, 15) is 9.59 Å². The van der Waals surface area contributed by atoms with E-state index in [1.54, 1.807) is 19.0 Å². The predicted octanol–water partition coefficient (Wildman–Crippen LogP) is 2.21. The summed E-state index contributed by atoms with van der Waals surface area (Å²) in [7, 11) is 3.52. The molecule has 1 N–H and O–H groups in total. The first-order chi connectivity index (χ1) is 11.9. The van der Waals surface area contributed by atoms with Crippen LogP contribution in [0, 0.1) is 0 Å². The summed E-state index contributed by atoms with van der Waals surface area (Å²) in [5, 5.41) is 3.67. The number of benzene rings is 1. The molecule has 3 amide bonds. The van der Waals surface area contributed by atoms with Crippen LogP contribution in [0.3, 0.4) is 0 Å². The van der Waals surface area contributed by atoms with Crippen LogP contribution in [0.4, 0.5) is 4.79 Å². The maximum absolute atomic E-state index is 12.6. The fourth-order valence-corrected chi connectivity index (χ4v) is 3.14. The van der Waals surface area contributed by atoms with Gasteiger partial charge in [-0.25, -0.2) is 4.79 Å². The summed E-state index contributed by atoms with van der Waals surface area (Å²) in [5.41, 5.74) is 0.908. The fourth-order valence-electron chi connectivity index (χ4n) is 2.85. The van der Waals surface area contributed by atoms with Crippen molar-refractivity contribution in [2.24, 2.45) is 0 Å². The van der Waals surface area contributed by atoms with Crippen LogP contribution < -0.4 is 5.32 Å². The summed E-state index contributed by atoms with van der Waals surface area (Å²) >= 11 is 6.20. The van der Waals surface area contributed by atoms with Gasteiger partial charge >= 0.3 is 6.03 Å². The molecule has 0 bridgehead atoms. The first-order valence-corrected chi connectivity index (χ1v) is 8.98. The van der Waals surface area contributed by atoms with Crippen LogP contribution in [0.15, 0.2) is 24.3 Å². The molecule has 0 saturated carbocycles. The van der Waals surface area contributed by atoms with Crippen molar-refractivity contribution in [2.45, 2.75) is 19.4 Å². The Bertz CT molecular complexity index is 608. The van der Waals surface area contributed by atoms with Crippen molar-refractivity contribution in [1.82, 2.24) is 20.0 Å². The molecule has 1 fully saturated rings. The van der Waals surface area contributed by atoms with E-state index < -0.39 is 0 Å². The van der Waals surface area contributed by atoms with Gasteiger partial charge in [-0.3, -0.25) is 9.69 Å². The number of likely N-dealkylation sites (N-methyl/N-ethyl adjacent to an activating group) is 1. The molecular weight excluding hydrogens is 340 g/mol. The van der Waals surface area contributed by atoms with Crippen LogP contribution in [0.25, 0.3) is 0 Å². The number of urea groups is 1. The molecule has 2 rings (SSSR count). The number of halogens is 1. The number of rotatable bonds is 4. The van der Waals surface area contributed by atoms with Crippen molar-refractivity contribution in [2.75, 3.05) is 46.8 Å². The molecule has 1 aliphatic rings. The van der Waals surface area contributed by atoms with E-state index in [0.29, 0.717) is 31.2 Å². The Kier molecular flexibility index (Phi) is 7.08. The SMILES string of the molecule is C[C@H](NC(=O)N1CCCN(CC(=O)N(C)C)CC1)c1ccccc1Cl. The molecule has 1 aliphatic heterocycles.